The Balaban J connectivity index is 1.74. The highest BCUT2D eigenvalue weighted by Gasteiger charge is 2.28. The van der Waals surface area contributed by atoms with Gasteiger partial charge in [-0.1, -0.05) is 12.1 Å². The number of hydrogen-bond donors (Lipinski definition) is 0. The summed E-state index contributed by atoms with van der Waals surface area (Å²) in [5.41, 5.74) is 1.96. The summed E-state index contributed by atoms with van der Waals surface area (Å²) >= 11 is 1.64. The Labute approximate surface area is 156 Å². The number of benzene rings is 1. The Morgan fingerprint density at radius 2 is 2.19 bits per heavy atom. The first-order valence-electron chi connectivity index (χ1n) is 8.97. The maximum Gasteiger partial charge on any atom is 0.310 e. The van der Waals surface area contributed by atoms with Gasteiger partial charge in [0.15, 0.2) is 5.82 Å². The van der Waals surface area contributed by atoms with E-state index >= 15 is 0 Å². The lowest BCUT2D eigenvalue weighted by Gasteiger charge is -2.33. The second-order valence-electron chi connectivity index (χ2n) is 6.44. The molecule has 134 valence electrons. The normalized spacial score (nSPS) is 17.4. The number of hydrogen-bond acceptors (Lipinski definition) is 6. The fourth-order valence-electron chi connectivity index (χ4n) is 3.44. The number of nitrogens with zero attached hydrogens (tertiary/aromatic N) is 3. The van der Waals surface area contributed by atoms with Crippen LogP contribution in [-0.4, -0.2) is 35.6 Å². The number of aromatic nitrogens is 2. The molecule has 26 heavy (non-hydrogen) atoms. The van der Waals surface area contributed by atoms with Crippen molar-refractivity contribution in [1.29, 1.82) is 0 Å². The standard InChI is InChI=1S/C20H21N3O2S/c1-2-25-20(24)14-6-5-10-23(12-14)19-16-7-3-4-8-17(16)21-18(22-19)15-9-11-26-13-15/h3-4,7-9,11,13-14H,2,5-6,10,12H2,1H3. The van der Waals surface area contributed by atoms with Gasteiger partial charge in [-0.15, -0.1) is 0 Å². The van der Waals surface area contributed by atoms with Crippen molar-refractivity contribution in [3.05, 3.63) is 41.1 Å². The summed E-state index contributed by atoms with van der Waals surface area (Å²) in [6, 6.07) is 10.1. The molecule has 0 saturated carbocycles. The summed E-state index contributed by atoms with van der Waals surface area (Å²) in [6.45, 7) is 3.81. The minimum absolute atomic E-state index is 0.0953. The number of carbonyl (C=O) groups is 1. The van der Waals surface area contributed by atoms with Gasteiger partial charge in [-0.2, -0.15) is 11.3 Å². The molecular formula is C20H21N3O2S. The lowest BCUT2D eigenvalue weighted by molar-refractivity contribution is -0.148. The number of piperidine rings is 1. The zero-order valence-electron chi connectivity index (χ0n) is 14.7. The van der Waals surface area contributed by atoms with Crippen molar-refractivity contribution in [3.63, 3.8) is 0 Å². The Morgan fingerprint density at radius 1 is 1.31 bits per heavy atom. The number of fused-ring (bicyclic) bond motifs is 1. The molecule has 6 heteroatoms. The third-order valence-electron chi connectivity index (χ3n) is 4.70. The summed E-state index contributed by atoms with van der Waals surface area (Å²) in [4.78, 5) is 24.0. The molecule has 0 N–H and O–H groups in total. The molecule has 0 bridgehead atoms. The Morgan fingerprint density at radius 3 is 3.00 bits per heavy atom. The van der Waals surface area contributed by atoms with Crippen LogP contribution in [0.2, 0.25) is 0 Å². The fourth-order valence-corrected chi connectivity index (χ4v) is 4.08. The number of carbonyl (C=O) groups excluding carboxylic acids is 1. The van der Waals surface area contributed by atoms with Crippen molar-refractivity contribution < 1.29 is 9.53 Å². The summed E-state index contributed by atoms with van der Waals surface area (Å²) < 4.78 is 5.24. The van der Waals surface area contributed by atoms with Crippen LogP contribution in [0.25, 0.3) is 22.3 Å². The van der Waals surface area contributed by atoms with Crippen molar-refractivity contribution >= 4 is 34.0 Å². The molecule has 1 unspecified atom stereocenters. The van der Waals surface area contributed by atoms with E-state index in [1.54, 1.807) is 11.3 Å². The number of anilines is 1. The zero-order valence-corrected chi connectivity index (χ0v) is 15.5. The molecule has 4 rings (SSSR count). The molecular weight excluding hydrogens is 346 g/mol. The van der Waals surface area contributed by atoms with Gasteiger partial charge in [-0.05, 0) is 43.3 Å². The van der Waals surface area contributed by atoms with Crippen LogP contribution in [0.5, 0.6) is 0 Å². The number of para-hydroxylation sites is 1. The third-order valence-corrected chi connectivity index (χ3v) is 5.39. The predicted molar refractivity (Wildman–Crippen MR) is 104 cm³/mol. The summed E-state index contributed by atoms with van der Waals surface area (Å²) in [6.07, 6.45) is 1.82. The molecule has 0 radical (unpaired) electrons. The van der Waals surface area contributed by atoms with Gasteiger partial charge in [0.1, 0.15) is 5.82 Å². The molecule has 1 aromatic carbocycles. The van der Waals surface area contributed by atoms with Crippen LogP contribution >= 0.6 is 11.3 Å². The summed E-state index contributed by atoms with van der Waals surface area (Å²) in [5.74, 6) is 1.44. The SMILES string of the molecule is CCOC(=O)C1CCCN(c2nc(-c3ccsc3)nc3ccccc23)C1. The highest BCUT2D eigenvalue weighted by atomic mass is 32.1. The fraction of sp³-hybridized carbons (Fsp3) is 0.350. The molecule has 1 aliphatic rings. The maximum absolute atomic E-state index is 12.2. The Bertz CT molecular complexity index is 911. The van der Waals surface area contributed by atoms with Crippen molar-refractivity contribution in [2.45, 2.75) is 19.8 Å². The minimum atomic E-state index is -0.103. The molecule has 0 spiro atoms. The number of thiophene rings is 1. The first-order chi connectivity index (χ1) is 12.8. The molecule has 5 nitrogen and oxygen atoms in total. The van der Waals surface area contributed by atoms with E-state index in [-0.39, 0.29) is 11.9 Å². The van der Waals surface area contributed by atoms with E-state index in [0.717, 1.165) is 47.5 Å². The van der Waals surface area contributed by atoms with Crippen LogP contribution in [0, 0.1) is 5.92 Å². The quantitative estimate of drug-likeness (QED) is 0.649. The lowest BCUT2D eigenvalue weighted by Crippen LogP contribution is -2.40. The van der Waals surface area contributed by atoms with E-state index in [0.29, 0.717) is 13.2 Å². The number of rotatable bonds is 4. The van der Waals surface area contributed by atoms with Gasteiger partial charge < -0.3 is 9.64 Å². The zero-order chi connectivity index (χ0) is 17.9. The molecule has 0 aliphatic carbocycles. The second-order valence-corrected chi connectivity index (χ2v) is 7.22. The molecule has 1 saturated heterocycles. The van der Waals surface area contributed by atoms with Crippen LogP contribution < -0.4 is 4.90 Å². The van der Waals surface area contributed by atoms with E-state index < -0.39 is 0 Å². The van der Waals surface area contributed by atoms with E-state index in [2.05, 4.69) is 16.3 Å². The Kier molecular flexibility index (Phi) is 4.84. The van der Waals surface area contributed by atoms with Crippen LogP contribution in [-0.2, 0) is 9.53 Å². The first-order valence-corrected chi connectivity index (χ1v) is 9.91. The number of esters is 1. The van der Waals surface area contributed by atoms with Crippen molar-refractivity contribution in [3.8, 4) is 11.4 Å². The van der Waals surface area contributed by atoms with Crippen LogP contribution in [0.4, 0.5) is 5.82 Å². The summed E-state index contributed by atoms with van der Waals surface area (Å²) in [7, 11) is 0. The van der Waals surface area contributed by atoms with E-state index in [9.17, 15) is 4.79 Å². The third kappa shape index (κ3) is 3.29. The van der Waals surface area contributed by atoms with E-state index in [1.165, 1.54) is 0 Å². The topological polar surface area (TPSA) is 55.3 Å². The number of ether oxygens (including phenoxy) is 1. The molecule has 0 amide bonds. The Hall–Kier alpha value is -2.47. The molecule has 3 heterocycles. The van der Waals surface area contributed by atoms with E-state index in [4.69, 9.17) is 14.7 Å². The largest absolute Gasteiger partial charge is 0.466 e. The van der Waals surface area contributed by atoms with Crippen molar-refractivity contribution in [1.82, 2.24) is 9.97 Å². The minimum Gasteiger partial charge on any atom is -0.466 e. The van der Waals surface area contributed by atoms with Crippen LogP contribution in [0.15, 0.2) is 41.1 Å². The summed E-state index contributed by atoms with van der Waals surface area (Å²) in [5, 5.41) is 5.12. The molecule has 1 atom stereocenters. The monoisotopic (exact) mass is 367 g/mol. The lowest BCUT2D eigenvalue weighted by atomic mass is 9.98. The van der Waals surface area contributed by atoms with Crippen LogP contribution in [0.3, 0.4) is 0 Å². The first kappa shape index (κ1) is 17.0. The van der Waals surface area contributed by atoms with Crippen molar-refractivity contribution in [2.75, 3.05) is 24.6 Å². The molecule has 2 aromatic heterocycles. The second kappa shape index (κ2) is 7.41. The van der Waals surface area contributed by atoms with Gasteiger partial charge >= 0.3 is 5.97 Å². The van der Waals surface area contributed by atoms with Gasteiger partial charge in [0.25, 0.3) is 0 Å². The van der Waals surface area contributed by atoms with Gasteiger partial charge in [-0.3, -0.25) is 4.79 Å². The highest BCUT2D eigenvalue weighted by Crippen LogP contribution is 2.31. The predicted octanol–water partition coefficient (Wildman–Crippen LogP) is 4.14. The average Bonchev–Trinajstić information content (AvgIpc) is 3.22. The molecule has 3 aromatic rings. The van der Waals surface area contributed by atoms with Gasteiger partial charge in [0, 0.05) is 29.4 Å². The highest BCUT2D eigenvalue weighted by molar-refractivity contribution is 7.08. The smallest absolute Gasteiger partial charge is 0.310 e. The van der Waals surface area contributed by atoms with Gasteiger partial charge in [0.05, 0.1) is 18.0 Å². The van der Waals surface area contributed by atoms with Crippen LogP contribution in [0.1, 0.15) is 19.8 Å². The average molecular weight is 367 g/mol. The van der Waals surface area contributed by atoms with Crippen molar-refractivity contribution in [2.24, 2.45) is 5.92 Å². The maximum atomic E-state index is 12.2. The van der Waals surface area contributed by atoms with E-state index in [1.807, 2.05) is 36.6 Å². The molecule has 1 fully saturated rings. The van der Waals surface area contributed by atoms with Gasteiger partial charge in [-0.25, -0.2) is 9.97 Å². The van der Waals surface area contributed by atoms with Gasteiger partial charge in [0.2, 0.25) is 0 Å². The molecule has 1 aliphatic heterocycles.